The van der Waals surface area contributed by atoms with Gasteiger partial charge in [0.15, 0.2) is 23.0 Å². The van der Waals surface area contributed by atoms with Crippen LogP contribution in [0.3, 0.4) is 0 Å². The van der Waals surface area contributed by atoms with Gasteiger partial charge in [-0.1, -0.05) is 12.1 Å². The van der Waals surface area contributed by atoms with Crippen LogP contribution in [-0.2, 0) is 12.8 Å². The van der Waals surface area contributed by atoms with Crippen molar-refractivity contribution in [1.82, 2.24) is 4.90 Å². The van der Waals surface area contributed by atoms with Gasteiger partial charge in [-0.05, 0) is 100 Å². The van der Waals surface area contributed by atoms with Gasteiger partial charge in [-0.2, -0.15) is 0 Å². The minimum absolute atomic E-state index is 0.335. The molecular formula is C24H31NO4. The average molecular weight is 398 g/mol. The molecule has 0 unspecified atom stereocenters. The highest BCUT2D eigenvalue weighted by Crippen LogP contribution is 2.35. The molecule has 0 fully saturated rings. The number of rotatable bonds is 10. The first kappa shape index (κ1) is 19.9. The summed E-state index contributed by atoms with van der Waals surface area (Å²) in [5, 5.41) is 0. The Morgan fingerprint density at radius 2 is 1.24 bits per heavy atom. The van der Waals surface area contributed by atoms with Crippen molar-refractivity contribution in [3.8, 4) is 23.0 Å². The first-order chi connectivity index (χ1) is 14.2. The molecule has 5 nitrogen and oxygen atoms in total. The number of benzene rings is 2. The fraction of sp³-hybridized carbons (Fsp3) is 0.500. The second kappa shape index (κ2) is 9.40. The molecule has 5 heteroatoms. The van der Waals surface area contributed by atoms with Crippen LogP contribution in [-0.4, -0.2) is 39.1 Å². The van der Waals surface area contributed by atoms with Gasteiger partial charge in [-0.25, -0.2) is 0 Å². The van der Waals surface area contributed by atoms with Gasteiger partial charge in [0.05, 0.1) is 0 Å². The molecule has 0 N–H and O–H groups in total. The second-order valence-electron chi connectivity index (χ2n) is 8.26. The van der Waals surface area contributed by atoms with E-state index >= 15 is 0 Å². The first-order valence-corrected chi connectivity index (χ1v) is 10.6. The molecule has 0 spiro atoms. The minimum Gasteiger partial charge on any atom is -0.454 e. The van der Waals surface area contributed by atoms with Gasteiger partial charge in [0, 0.05) is 0 Å². The van der Waals surface area contributed by atoms with Crippen molar-refractivity contribution in [2.45, 2.75) is 38.5 Å². The molecule has 2 aromatic rings. The number of aryl methyl sites for hydroxylation is 2. The predicted molar refractivity (Wildman–Crippen MR) is 113 cm³/mol. The maximum absolute atomic E-state index is 5.53. The van der Waals surface area contributed by atoms with Gasteiger partial charge < -0.3 is 23.8 Å². The van der Waals surface area contributed by atoms with Crippen LogP contribution in [0.5, 0.6) is 23.0 Å². The van der Waals surface area contributed by atoms with E-state index in [0.29, 0.717) is 19.5 Å². The van der Waals surface area contributed by atoms with Crippen molar-refractivity contribution in [2.24, 2.45) is 5.92 Å². The highest BCUT2D eigenvalue weighted by atomic mass is 16.7. The summed E-state index contributed by atoms with van der Waals surface area (Å²) in [4.78, 5) is 2.27. The Kier molecular flexibility index (Phi) is 6.45. The zero-order valence-electron chi connectivity index (χ0n) is 17.5. The average Bonchev–Trinajstić information content (AvgIpc) is 3.37. The van der Waals surface area contributed by atoms with Gasteiger partial charge >= 0.3 is 0 Å². The zero-order chi connectivity index (χ0) is 20.1. The van der Waals surface area contributed by atoms with Gasteiger partial charge in [-0.3, -0.25) is 0 Å². The lowest BCUT2D eigenvalue weighted by Gasteiger charge is -2.19. The third kappa shape index (κ3) is 5.36. The monoisotopic (exact) mass is 397 g/mol. The number of nitrogens with zero attached hydrogens (tertiary/aromatic N) is 1. The van der Waals surface area contributed by atoms with Crippen molar-refractivity contribution in [2.75, 3.05) is 34.2 Å². The molecule has 2 aliphatic heterocycles. The normalized spacial score (nSPS) is 14.2. The minimum atomic E-state index is 0.335. The molecule has 156 valence electrons. The lowest BCUT2D eigenvalue weighted by molar-refractivity contribution is 0.173. The largest absolute Gasteiger partial charge is 0.454 e. The number of fused-ring (bicyclic) bond motifs is 2. The summed E-state index contributed by atoms with van der Waals surface area (Å²) < 4.78 is 21.9. The van der Waals surface area contributed by atoms with Crippen LogP contribution in [0.15, 0.2) is 36.4 Å². The smallest absolute Gasteiger partial charge is 0.231 e. The summed E-state index contributed by atoms with van der Waals surface area (Å²) in [6, 6.07) is 12.7. The Labute approximate surface area is 173 Å². The van der Waals surface area contributed by atoms with E-state index in [2.05, 4.69) is 43.3 Å². The molecule has 0 atom stereocenters. The van der Waals surface area contributed by atoms with Gasteiger partial charge in [0.2, 0.25) is 13.6 Å². The molecule has 2 aliphatic rings. The van der Waals surface area contributed by atoms with E-state index in [1.165, 1.54) is 36.8 Å². The predicted octanol–water partition coefficient (Wildman–Crippen LogP) is 4.67. The maximum atomic E-state index is 5.53. The van der Waals surface area contributed by atoms with Crippen molar-refractivity contribution in [1.29, 1.82) is 0 Å². The molecular weight excluding hydrogens is 366 g/mol. The van der Waals surface area contributed by atoms with E-state index in [1.54, 1.807) is 0 Å². The van der Waals surface area contributed by atoms with Crippen LogP contribution >= 0.6 is 0 Å². The van der Waals surface area contributed by atoms with Crippen LogP contribution in [0.1, 0.15) is 36.8 Å². The highest BCUT2D eigenvalue weighted by molar-refractivity contribution is 5.45. The molecule has 2 heterocycles. The van der Waals surface area contributed by atoms with E-state index in [-0.39, 0.29) is 0 Å². The SMILES string of the molecule is CN(C)CCCC(CCc1ccc2c(c1)OCO2)CCc1ccc2c(c1)OCO2. The summed E-state index contributed by atoms with van der Waals surface area (Å²) in [6.45, 7) is 1.81. The fourth-order valence-corrected chi connectivity index (χ4v) is 4.06. The van der Waals surface area contributed by atoms with E-state index < -0.39 is 0 Å². The van der Waals surface area contributed by atoms with Crippen molar-refractivity contribution in [3.63, 3.8) is 0 Å². The third-order valence-electron chi connectivity index (χ3n) is 5.77. The maximum Gasteiger partial charge on any atom is 0.231 e. The Morgan fingerprint density at radius 3 is 1.76 bits per heavy atom. The molecule has 0 radical (unpaired) electrons. The molecule has 0 amide bonds. The molecule has 0 aromatic heterocycles. The number of hydrogen-bond acceptors (Lipinski definition) is 5. The third-order valence-corrected chi connectivity index (χ3v) is 5.77. The molecule has 2 aromatic carbocycles. The van der Waals surface area contributed by atoms with E-state index in [1.807, 2.05) is 12.1 Å². The van der Waals surface area contributed by atoms with Crippen molar-refractivity contribution in [3.05, 3.63) is 47.5 Å². The summed E-state index contributed by atoms with van der Waals surface area (Å²) in [6.07, 6.45) is 7.03. The molecule has 0 saturated carbocycles. The zero-order valence-corrected chi connectivity index (χ0v) is 17.5. The number of ether oxygens (including phenoxy) is 4. The van der Waals surface area contributed by atoms with Crippen LogP contribution in [0.2, 0.25) is 0 Å². The first-order valence-electron chi connectivity index (χ1n) is 10.6. The van der Waals surface area contributed by atoms with E-state index in [0.717, 1.165) is 42.4 Å². The Hall–Kier alpha value is -2.40. The molecule has 29 heavy (non-hydrogen) atoms. The Bertz CT molecular complexity index is 759. The molecule has 4 rings (SSSR count). The molecule has 0 bridgehead atoms. The fourth-order valence-electron chi connectivity index (χ4n) is 4.06. The van der Waals surface area contributed by atoms with Gasteiger partial charge in [0.1, 0.15) is 0 Å². The van der Waals surface area contributed by atoms with Crippen LogP contribution in [0.4, 0.5) is 0 Å². The Balaban J connectivity index is 1.33. The van der Waals surface area contributed by atoms with Gasteiger partial charge in [0.25, 0.3) is 0 Å². The van der Waals surface area contributed by atoms with Crippen molar-refractivity contribution >= 4 is 0 Å². The summed E-state index contributed by atoms with van der Waals surface area (Å²) >= 11 is 0. The summed E-state index contributed by atoms with van der Waals surface area (Å²) in [5.41, 5.74) is 2.66. The van der Waals surface area contributed by atoms with E-state index in [9.17, 15) is 0 Å². The van der Waals surface area contributed by atoms with E-state index in [4.69, 9.17) is 18.9 Å². The summed E-state index contributed by atoms with van der Waals surface area (Å²) in [5.74, 6) is 4.18. The quantitative estimate of drug-likeness (QED) is 0.583. The lowest BCUT2D eigenvalue weighted by atomic mass is 9.89. The lowest BCUT2D eigenvalue weighted by Crippen LogP contribution is -2.15. The highest BCUT2D eigenvalue weighted by Gasteiger charge is 2.16. The topological polar surface area (TPSA) is 40.2 Å². The van der Waals surface area contributed by atoms with Crippen LogP contribution in [0.25, 0.3) is 0 Å². The number of hydrogen-bond donors (Lipinski definition) is 0. The second-order valence-corrected chi connectivity index (χ2v) is 8.26. The molecule has 0 aliphatic carbocycles. The van der Waals surface area contributed by atoms with Crippen LogP contribution < -0.4 is 18.9 Å². The van der Waals surface area contributed by atoms with Crippen LogP contribution in [0, 0.1) is 5.92 Å². The standard InChI is InChI=1S/C24H31NO4/c1-25(2)13-3-4-18(5-7-19-9-11-21-23(14-19)28-16-26-21)6-8-20-10-12-22-24(15-20)29-17-27-22/h9-12,14-15,18H,3-8,13,16-17H2,1-2H3. The summed E-state index contributed by atoms with van der Waals surface area (Å²) in [7, 11) is 4.29. The van der Waals surface area contributed by atoms with Crippen molar-refractivity contribution < 1.29 is 18.9 Å². The Morgan fingerprint density at radius 1 is 0.724 bits per heavy atom. The molecule has 0 saturated heterocycles. The van der Waals surface area contributed by atoms with Gasteiger partial charge in [-0.15, -0.1) is 0 Å².